The van der Waals surface area contributed by atoms with Crippen molar-refractivity contribution >= 4 is 5.69 Å². The van der Waals surface area contributed by atoms with Crippen LogP contribution in [0.5, 0.6) is 0 Å². The highest BCUT2D eigenvalue weighted by Gasteiger charge is 2.24. The van der Waals surface area contributed by atoms with Gasteiger partial charge in [0, 0.05) is 17.8 Å². The number of aryl methyl sites for hydroxylation is 1. The molecule has 0 aromatic heterocycles. The molecule has 1 nitrogen and oxygen atoms in total. The molecule has 1 aromatic carbocycles. The Balaban J connectivity index is 2.41. The third-order valence-corrected chi connectivity index (χ3v) is 3.13. The molecule has 2 rings (SSSR count). The fourth-order valence-corrected chi connectivity index (χ4v) is 2.50. The fourth-order valence-electron chi connectivity index (χ4n) is 2.50. The molecule has 0 saturated carbocycles. The third-order valence-electron chi connectivity index (χ3n) is 3.13. The summed E-state index contributed by atoms with van der Waals surface area (Å²) < 4.78 is 0. The minimum absolute atomic E-state index is 0.603. The van der Waals surface area contributed by atoms with Gasteiger partial charge < -0.3 is 4.90 Å². The van der Waals surface area contributed by atoms with Gasteiger partial charge >= 0.3 is 0 Å². The first-order chi connectivity index (χ1) is 6.70. The van der Waals surface area contributed by atoms with E-state index in [-0.39, 0.29) is 0 Å². The first-order valence-corrected chi connectivity index (χ1v) is 5.56. The van der Waals surface area contributed by atoms with E-state index in [0.717, 1.165) is 0 Å². The third kappa shape index (κ3) is 1.52. The summed E-state index contributed by atoms with van der Waals surface area (Å²) in [7, 11) is 0. The maximum Gasteiger partial charge on any atom is 0.0403 e. The van der Waals surface area contributed by atoms with Gasteiger partial charge in [0.25, 0.3) is 0 Å². The van der Waals surface area contributed by atoms with Crippen molar-refractivity contribution in [2.45, 2.75) is 45.7 Å². The highest BCUT2D eigenvalue weighted by Crippen LogP contribution is 2.31. The van der Waals surface area contributed by atoms with Crippen molar-refractivity contribution in [1.29, 1.82) is 0 Å². The molecule has 0 saturated heterocycles. The SMILES string of the molecule is CC(C)N1c2ccccc2CC[C@@H]1C. The first kappa shape index (κ1) is 9.57. The first-order valence-electron chi connectivity index (χ1n) is 5.56. The summed E-state index contributed by atoms with van der Waals surface area (Å²) in [6, 6.07) is 10.1. The van der Waals surface area contributed by atoms with E-state index in [1.165, 1.54) is 24.1 Å². The summed E-state index contributed by atoms with van der Waals surface area (Å²) in [6.07, 6.45) is 2.52. The predicted molar refractivity (Wildman–Crippen MR) is 61.8 cm³/mol. The minimum Gasteiger partial charge on any atom is -0.366 e. The number of hydrogen-bond donors (Lipinski definition) is 0. The Labute approximate surface area is 86.7 Å². The molecule has 1 heterocycles. The molecule has 0 unspecified atom stereocenters. The van der Waals surface area contributed by atoms with Crippen molar-refractivity contribution in [3.05, 3.63) is 29.8 Å². The van der Waals surface area contributed by atoms with E-state index in [2.05, 4.69) is 49.9 Å². The van der Waals surface area contributed by atoms with Gasteiger partial charge in [-0.15, -0.1) is 0 Å². The van der Waals surface area contributed by atoms with E-state index >= 15 is 0 Å². The molecule has 1 heteroatoms. The molecule has 0 spiro atoms. The molecule has 14 heavy (non-hydrogen) atoms. The highest BCUT2D eigenvalue weighted by molar-refractivity contribution is 5.56. The lowest BCUT2D eigenvalue weighted by atomic mass is 9.95. The Hall–Kier alpha value is -0.980. The van der Waals surface area contributed by atoms with Crippen molar-refractivity contribution in [1.82, 2.24) is 0 Å². The maximum absolute atomic E-state index is 2.54. The number of anilines is 1. The van der Waals surface area contributed by atoms with Crippen LogP contribution in [-0.2, 0) is 6.42 Å². The molecule has 0 bridgehead atoms. The van der Waals surface area contributed by atoms with Gasteiger partial charge in [0.15, 0.2) is 0 Å². The molecule has 1 aliphatic heterocycles. The van der Waals surface area contributed by atoms with Crippen LogP contribution in [0.15, 0.2) is 24.3 Å². The van der Waals surface area contributed by atoms with Crippen LogP contribution < -0.4 is 4.90 Å². The Kier molecular flexibility index (Phi) is 2.49. The summed E-state index contributed by atoms with van der Waals surface area (Å²) in [5.41, 5.74) is 2.96. The van der Waals surface area contributed by atoms with E-state index in [1.54, 1.807) is 0 Å². The normalized spacial score (nSPS) is 21.1. The lowest BCUT2D eigenvalue weighted by molar-refractivity contribution is 0.520. The van der Waals surface area contributed by atoms with Crippen LogP contribution in [0.2, 0.25) is 0 Å². The zero-order valence-electron chi connectivity index (χ0n) is 9.33. The van der Waals surface area contributed by atoms with Crippen LogP contribution in [0, 0.1) is 0 Å². The average molecular weight is 189 g/mol. The van der Waals surface area contributed by atoms with Gasteiger partial charge in [0.1, 0.15) is 0 Å². The van der Waals surface area contributed by atoms with Crippen LogP contribution in [0.4, 0.5) is 5.69 Å². The van der Waals surface area contributed by atoms with Crippen molar-refractivity contribution in [3.8, 4) is 0 Å². The Morgan fingerprint density at radius 1 is 1.29 bits per heavy atom. The summed E-state index contributed by atoms with van der Waals surface area (Å²) in [6.45, 7) is 6.88. The van der Waals surface area contributed by atoms with Crippen LogP contribution in [-0.4, -0.2) is 12.1 Å². The second kappa shape index (κ2) is 3.64. The van der Waals surface area contributed by atoms with Gasteiger partial charge in [-0.3, -0.25) is 0 Å². The van der Waals surface area contributed by atoms with Crippen molar-refractivity contribution in [3.63, 3.8) is 0 Å². The number of para-hydroxylation sites is 1. The molecule has 0 aliphatic carbocycles. The number of nitrogens with zero attached hydrogens (tertiary/aromatic N) is 1. The van der Waals surface area contributed by atoms with Crippen LogP contribution in [0.25, 0.3) is 0 Å². The standard InChI is InChI=1S/C13H19N/c1-10(2)14-11(3)8-9-12-6-4-5-7-13(12)14/h4-7,10-11H,8-9H2,1-3H3/t11-/m0/s1. The molecular formula is C13H19N. The molecule has 0 radical (unpaired) electrons. The van der Waals surface area contributed by atoms with Gasteiger partial charge in [-0.2, -0.15) is 0 Å². The van der Waals surface area contributed by atoms with Gasteiger partial charge in [0.2, 0.25) is 0 Å². The lowest BCUT2D eigenvalue weighted by Gasteiger charge is -2.40. The van der Waals surface area contributed by atoms with Crippen LogP contribution in [0.1, 0.15) is 32.8 Å². The molecule has 76 valence electrons. The highest BCUT2D eigenvalue weighted by atomic mass is 15.2. The molecule has 1 aliphatic rings. The Morgan fingerprint density at radius 3 is 2.71 bits per heavy atom. The maximum atomic E-state index is 2.54. The van der Waals surface area contributed by atoms with E-state index < -0.39 is 0 Å². The Bertz CT molecular complexity index is 317. The largest absolute Gasteiger partial charge is 0.366 e. The molecule has 1 atom stereocenters. The van der Waals surface area contributed by atoms with E-state index in [9.17, 15) is 0 Å². The van der Waals surface area contributed by atoms with Crippen LogP contribution >= 0.6 is 0 Å². The van der Waals surface area contributed by atoms with Gasteiger partial charge in [-0.25, -0.2) is 0 Å². The van der Waals surface area contributed by atoms with Gasteiger partial charge in [-0.1, -0.05) is 18.2 Å². The molecule has 0 N–H and O–H groups in total. The fraction of sp³-hybridized carbons (Fsp3) is 0.538. The Morgan fingerprint density at radius 2 is 2.00 bits per heavy atom. The van der Waals surface area contributed by atoms with Gasteiger partial charge in [-0.05, 0) is 45.2 Å². The van der Waals surface area contributed by atoms with E-state index in [4.69, 9.17) is 0 Å². The second-order valence-electron chi connectivity index (χ2n) is 4.52. The lowest BCUT2D eigenvalue weighted by Crippen LogP contribution is -2.42. The summed E-state index contributed by atoms with van der Waals surface area (Å²) in [5.74, 6) is 0. The van der Waals surface area contributed by atoms with E-state index in [0.29, 0.717) is 12.1 Å². The average Bonchev–Trinajstić information content (AvgIpc) is 2.17. The van der Waals surface area contributed by atoms with Crippen LogP contribution in [0.3, 0.4) is 0 Å². The second-order valence-corrected chi connectivity index (χ2v) is 4.52. The smallest absolute Gasteiger partial charge is 0.0403 e. The summed E-state index contributed by atoms with van der Waals surface area (Å²) in [5, 5.41) is 0. The topological polar surface area (TPSA) is 3.24 Å². The quantitative estimate of drug-likeness (QED) is 0.655. The number of hydrogen-bond acceptors (Lipinski definition) is 1. The molecule has 0 amide bonds. The van der Waals surface area contributed by atoms with Crippen molar-refractivity contribution in [2.75, 3.05) is 4.90 Å². The monoisotopic (exact) mass is 189 g/mol. The molecule has 0 fully saturated rings. The summed E-state index contributed by atoms with van der Waals surface area (Å²) in [4.78, 5) is 2.54. The number of fused-ring (bicyclic) bond motifs is 1. The van der Waals surface area contributed by atoms with E-state index in [1.807, 2.05) is 0 Å². The number of rotatable bonds is 1. The molecular weight excluding hydrogens is 170 g/mol. The molecule has 1 aromatic rings. The minimum atomic E-state index is 0.603. The summed E-state index contributed by atoms with van der Waals surface area (Å²) >= 11 is 0. The van der Waals surface area contributed by atoms with Crippen molar-refractivity contribution < 1.29 is 0 Å². The van der Waals surface area contributed by atoms with Crippen molar-refractivity contribution in [2.24, 2.45) is 0 Å². The predicted octanol–water partition coefficient (Wildman–Crippen LogP) is 3.24. The zero-order valence-corrected chi connectivity index (χ0v) is 9.33. The number of benzene rings is 1. The van der Waals surface area contributed by atoms with Gasteiger partial charge in [0.05, 0.1) is 0 Å². The zero-order chi connectivity index (χ0) is 10.1.